The van der Waals surface area contributed by atoms with Crippen LogP contribution in [0.1, 0.15) is 17.0 Å². The van der Waals surface area contributed by atoms with Gasteiger partial charge >= 0.3 is 18.2 Å². The van der Waals surface area contributed by atoms with Gasteiger partial charge in [-0.05, 0) is 23.1 Å². The van der Waals surface area contributed by atoms with Gasteiger partial charge in [-0.25, -0.2) is 14.2 Å². The molecule has 0 radical (unpaired) electrons. The minimum atomic E-state index is -4.98. The fourth-order valence-corrected chi connectivity index (χ4v) is 2.72. The lowest BCUT2D eigenvalue weighted by atomic mass is 10.0. The molecule has 2 aromatic heterocycles. The molecule has 0 atom stereocenters. The molecule has 8 nitrogen and oxygen atoms in total. The standard InChI is InChI=1S/C16H12F6N6O2/c1-9-23-7-14(28(29)30)27(9)3-2-26-8-13(24-25-26)10-4-11(15(17,18)19)6-12(5-10)16(20,21)22/h4-8H,2-3H2,1H3. The van der Waals surface area contributed by atoms with Crippen LogP contribution in [0.2, 0.25) is 0 Å². The Hall–Kier alpha value is -3.45. The average Bonchev–Trinajstić information content (AvgIpc) is 3.25. The Labute approximate surface area is 163 Å². The predicted molar refractivity (Wildman–Crippen MR) is 89.1 cm³/mol. The van der Waals surface area contributed by atoms with Gasteiger partial charge in [0.2, 0.25) is 0 Å². The summed E-state index contributed by atoms with van der Waals surface area (Å²) in [5.74, 6) is 0.0928. The number of rotatable bonds is 5. The number of halogens is 6. The van der Waals surface area contributed by atoms with Crippen LogP contribution in [0.5, 0.6) is 0 Å². The van der Waals surface area contributed by atoms with Crippen molar-refractivity contribution in [2.45, 2.75) is 32.4 Å². The van der Waals surface area contributed by atoms with Gasteiger partial charge in [-0.3, -0.25) is 0 Å². The molecule has 2 heterocycles. The van der Waals surface area contributed by atoms with Crippen molar-refractivity contribution in [3.8, 4) is 11.3 Å². The van der Waals surface area contributed by atoms with Gasteiger partial charge in [0.25, 0.3) is 0 Å². The quantitative estimate of drug-likeness (QED) is 0.343. The third kappa shape index (κ3) is 4.41. The van der Waals surface area contributed by atoms with Crippen molar-refractivity contribution in [2.75, 3.05) is 0 Å². The predicted octanol–water partition coefficient (Wildman–Crippen LogP) is 4.10. The molecule has 0 unspecified atom stereocenters. The number of benzene rings is 1. The Bertz CT molecular complexity index is 1050. The molecule has 0 aliphatic rings. The number of hydrogen-bond donors (Lipinski definition) is 0. The van der Waals surface area contributed by atoms with E-state index in [0.717, 1.165) is 17.1 Å². The third-order valence-electron chi connectivity index (χ3n) is 4.20. The van der Waals surface area contributed by atoms with Crippen LogP contribution in [0, 0.1) is 17.0 Å². The SMILES string of the molecule is Cc1ncc([N+](=O)[O-])n1CCn1cc(-c2cc(C(F)(F)F)cc(C(F)(F)F)c2)nn1. The van der Waals surface area contributed by atoms with Crippen LogP contribution in [-0.2, 0) is 25.4 Å². The molecule has 0 bridgehead atoms. The van der Waals surface area contributed by atoms with Crippen molar-refractivity contribution in [3.05, 3.63) is 57.7 Å². The highest BCUT2D eigenvalue weighted by atomic mass is 19.4. The van der Waals surface area contributed by atoms with E-state index in [2.05, 4.69) is 15.3 Å². The summed E-state index contributed by atoms with van der Waals surface area (Å²) >= 11 is 0. The smallest absolute Gasteiger partial charge is 0.358 e. The van der Waals surface area contributed by atoms with Crippen LogP contribution in [0.4, 0.5) is 32.2 Å². The number of nitrogens with zero attached hydrogens (tertiary/aromatic N) is 6. The zero-order chi connectivity index (χ0) is 22.3. The molecule has 14 heteroatoms. The maximum absolute atomic E-state index is 13.0. The summed E-state index contributed by atoms with van der Waals surface area (Å²) in [6, 6.07) is 1.12. The molecule has 1 aromatic carbocycles. The molecule has 0 amide bonds. The maximum Gasteiger partial charge on any atom is 0.416 e. The van der Waals surface area contributed by atoms with Crippen LogP contribution in [0.3, 0.4) is 0 Å². The second-order valence-corrected chi connectivity index (χ2v) is 6.23. The third-order valence-corrected chi connectivity index (χ3v) is 4.20. The van der Waals surface area contributed by atoms with E-state index in [1.807, 2.05) is 0 Å². The van der Waals surface area contributed by atoms with Crippen molar-refractivity contribution >= 4 is 5.82 Å². The van der Waals surface area contributed by atoms with Crippen molar-refractivity contribution in [1.82, 2.24) is 24.5 Å². The first-order valence-electron chi connectivity index (χ1n) is 8.23. The monoisotopic (exact) mass is 434 g/mol. The topological polar surface area (TPSA) is 91.7 Å². The molecular weight excluding hydrogens is 422 g/mol. The largest absolute Gasteiger partial charge is 0.416 e. The lowest BCUT2D eigenvalue weighted by Crippen LogP contribution is -2.11. The van der Waals surface area contributed by atoms with Crippen LogP contribution >= 0.6 is 0 Å². The number of aromatic nitrogens is 5. The normalized spacial score (nSPS) is 12.4. The van der Waals surface area contributed by atoms with Gasteiger partial charge in [0.1, 0.15) is 18.4 Å². The van der Waals surface area contributed by atoms with Gasteiger partial charge in [0, 0.05) is 12.5 Å². The highest BCUT2D eigenvalue weighted by molar-refractivity contribution is 5.61. The van der Waals surface area contributed by atoms with Gasteiger partial charge in [-0.15, -0.1) is 5.10 Å². The molecular formula is C16H12F6N6O2. The second kappa shape index (κ2) is 7.42. The molecule has 0 aliphatic heterocycles. The van der Waals surface area contributed by atoms with Gasteiger partial charge in [0.05, 0.1) is 23.9 Å². The van der Waals surface area contributed by atoms with E-state index in [-0.39, 0.29) is 30.7 Å². The summed E-state index contributed by atoms with van der Waals surface area (Å²) in [7, 11) is 0. The fourth-order valence-electron chi connectivity index (χ4n) is 2.72. The zero-order valence-electron chi connectivity index (χ0n) is 15.1. The van der Waals surface area contributed by atoms with Gasteiger partial charge < -0.3 is 10.1 Å². The molecule has 0 N–H and O–H groups in total. The first-order chi connectivity index (χ1) is 13.9. The summed E-state index contributed by atoms with van der Waals surface area (Å²) in [5, 5.41) is 18.3. The van der Waals surface area contributed by atoms with Gasteiger partial charge in [-0.2, -0.15) is 26.3 Å². The Morgan fingerprint density at radius 2 is 1.63 bits per heavy atom. The molecule has 3 rings (SSSR count). The summed E-state index contributed by atoms with van der Waals surface area (Å²) < 4.78 is 80.5. The van der Waals surface area contributed by atoms with Crippen LogP contribution < -0.4 is 0 Å². The number of aryl methyl sites for hydroxylation is 2. The second-order valence-electron chi connectivity index (χ2n) is 6.23. The first-order valence-corrected chi connectivity index (χ1v) is 8.23. The molecule has 0 spiro atoms. The summed E-state index contributed by atoms with van der Waals surface area (Å²) in [6.45, 7) is 1.61. The van der Waals surface area contributed by atoms with Gasteiger partial charge in [-0.1, -0.05) is 5.21 Å². The Balaban J connectivity index is 1.89. The highest BCUT2D eigenvalue weighted by Gasteiger charge is 2.37. The minimum Gasteiger partial charge on any atom is -0.358 e. The summed E-state index contributed by atoms with van der Waals surface area (Å²) in [6.07, 6.45) is -7.73. The molecule has 0 saturated heterocycles. The number of alkyl halides is 6. The fraction of sp³-hybridized carbons (Fsp3) is 0.312. The lowest BCUT2D eigenvalue weighted by molar-refractivity contribution is -0.392. The average molecular weight is 434 g/mol. The van der Waals surface area contributed by atoms with E-state index in [4.69, 9.17) is 0 Å². The maximum atomic E-state index is 13.0. The highest BCUT2D eigenvalue weighted by Crippen LogP contribution is 2.38. The Morgan fingerprint density at radius 1 is 1.03 bits per heavy atom. The van der Waals surface area contributed by atoms with Crippen molar-refractivity contribution in [1.29, 1.82) is 0 Å². The van der Waals surface area contributed by atoms with E-state index in [1.54, 1.807) is 6.92 Å². The molecule has 160 valence electrons. The van der Waals surface area contributed by atoms with E-state index in [9.17, 15) is 36.5 Å². The van der Waals surface area contributed by atoms with Crippen LogP contribution in [0.15, 0.2) is 30.6 Å². The van der Waals surface area contributed by atoms with Crippen LogP contribution in [0.25, 0.3) is 11.3 Å². The van der Waals surface area contributed by atoms with E-state index in [0.29, 0.717) is 18.0 Å². The van der Waals surface area contributed by atoms with Crippen LogP contribution in [-0.4, -0.2) is 29.5 Å². The van der Waals surface area contributed by atoms with Crippen molar-refractivity contribution < 1.29 is 31.3 Å². The molecule has 30 heavy (non-hydrogen) atoms. The van der Waals surface area contributed by atoms with Crippen molar-refractivity contribution in [2.24, 2.45) is 0 Å². The summed E-state index contributed by atoms with van der Waals surface area (Å²) in [4.78, 5) is 14.2. The zero-order valence-corrected chi connectivity index (χ0v) is 15.1. The first kappa shape index (κ1) is 21.3. The number of nitro groups is 1. The minimum absolute atomic E-state index is 0.0227. The molecule has 0 saturated carbocycles. The van der Waals surface area contributed by atoms with E-state index < -0.39 is 34.0 Å². The Kier molecular flexibility index (Phi) is 5.26. The number of hydrogen-bond acceptors (Lipinski definition) is 5. The molecule has 3 aromatic rings. The Morgan fingerprint density at radius 3 is 2.17 bits per heavy atom. The molecule has 0 aliphatic carbocycles. The van der Waals surface area contributed by atoms with Crippen molar-refractivity contribution in [3.63, 3.8) is 0 Å². The lowest BCUT2D eigenvalue weighted by Gasteiger charge is -2.13. The van der Waals surface area contributed by atoms with E-state index >= 15 is 0 Å². The number of imidazole rings is 1. The van der Waals surface area contributed by atoms with Gasteiger partial charge in [0.15, 0.2) is 5.82 Å². The van der Waals surface area contributed by atoms with E-state index in [1.165, 1.54) is 4.57 Å². The molecule has 0 fully saturated rings. The summed E-state index contributed by atoms with van der Waals surface area (Å²) in [5.41, 5.74) is -3.55.